The number of carbonyl (C=O) groups excluding carboxylic acids is 2. The predicted molar refractivity (Wildman–Crippen MR) is 94.4 cm³/mol. The third-order valence-corrected chi connectivity index (χ3v) is 3.98. The van der Waals surface area contributed by atoms with Crippen molar-refractivity contribution >= 4 is 41.7 Å². The minimum absolute atomic E-state index is 0. The number of rotatable bonds is 10. The number of carbonyl (C=O) groups is 2. The number of primary amides is 1. The number of benzene rings is 1. The summed E-state index contributed by atoms with van der Waals surface area (Å²) in [7, 11) is 0. The second kappa shape index (κ2) is 12.3. The molecule has 2 amide bonds. The highest BCUT2D eigenvalue weighted by Gasteiger charge is 2.07. The van der Waals surface area contributed by atoms with Crippen molar-refractivity contribution < 1.29 is 9.59 Å². The highest BCUT2D eigenvalue weighted by Crippen LogP contribution is 2.26. The zero-order valence-corrected chi connectivity index (χ0v) is 14.2. The molecule has 0 saturated heterocycles. The number of hydrogen-bond acceptors (Lipinski definition) is 4. The standard InChI is InChI=1S/C15H23N3O2S.ClH/c16-10-6-2-1-3-9-15(20)18-12-7-4-5-8-13(12)21-11-14(17)19;/h4-5,7-8H,1-3,6,9-11,16H2,(H2,17,19)(H,18,20);1H. The summed E-state index contributed by atoms with van der Waals surface area (Å²) in [5, 5.41) is 2.89. The number of unbranched alkanes of at least 4 members (excludes halogenated alkanes) is 3. The van der Waals surface area contributed by atoms with Crippen LogP contribution >= 0.6 is 24.2 Å². The molecule has 1 aromatic carbocycles. The predicted octanol–water partition coefficient (Wildman–Crippen LogP) is 2.53. The first-order valence-electron chi connectivity index (χ1n) is 7.13. The van der Waals surface area contributed by atoms with E-state index in [2.05, 4.69) is 5.32 Å². The van der Waals surface area contributed by atoms with E-state index in [0.29, 0.717) is 13.0 Å². The Kier molecular flexibility index (Phi) is 11.6. The molecule has 0 aromatic heterocycles. The van der Waals surface area contributed by atoms with Crippen molar-refractivity contribution in [2.75, 3.05) is 17.6 Å². The van der Waals surface area contributed by atoms with Gasteiger partial charge in [-0.2, -0.15) is 0 Å². The lowest BCUT2D eigenvalue weighted by atomic mass is 10.1. The minimum atomic E-state index is -0.374. The van der Waals surface area contributed by atoms with Crippen LogP contribution in [-0.4, -0.2) is 24.1 Å². The molecule has 22 heavy (non-hydrogen) atoms. The third-order valence-electron chi connectivity index (χ3n) is 2.89. The Labute approximate surface area is 142 Å². The molecule has 0 spiro atoms. The van der Waals surface area contributed by atoms with Crippen LogP contribution in [0.3, 0.4) is 0 Å². The Morgan fingerprint density at radius 1 is 1.09 bits per heavy atom. The molecule has 0 bridgehead atoms. The second-order valence-corrected chi connectivity index (χ2v) is 5.77. The summed E-state index contributed by atoms with van der Waals surface area (Å²) in [6.07, 6.45) is 4.45. The molecule has 0 aliphatic heterocycles. The van der Waals surface area contributed by atoms with Crippen LogP contribution in [0.2, 0.25) is 0 Å². The third kappa shape index (κ3) is 8.92. The van der Waals surface area contributed by atoms with E-state index in [0.717, 1.165) is 36.3 Å². The summed E-state index contributed by atoms with van der Waals surface area (Å²) in [5.74, 6) is -0.178. The molecule has 7 heteroatoms. The van der Waals surface area contributed by atoms with E-state index in [1.165, 1.54) is 11.8 Å². The Morgan fingerprint density at radius 2 is 1.77 bits per heavy atom. The molecule has 0 saturated carbocycles. The summed E-state index contributed by atoms with van der Waals surface area (Å²) in [6, 6.07) is 7.41. The first kappa shape index (κ1) is 20.8. The maximum atomic E-state index is 11.9. The molecule has 5 N–H and O–H groups in total. The normalized spacial score (nSPS) is 9.86. The smallest absolute Gasteiger partial charge is 0.227 e. The van der Waals surface area contributed by atoms with Gasteiger partial charge in [0.2, 0.25) is 11.8 Å². The molecular formula is C15H24ClN3O2S. The van der Waals surface area contributed by atoms with Gasteiger partial charge in [-0.15, -0.1) is 24.2 Å². The van der Waals surface area contributed by atoms with E-state index in [-0.39, 0.29) is 30.0 Å². The number of amides is 2. The number of nitrogens with one attached hydrogen (secondary N) is 1. The van der Waals surface area contributed by atoms with Crippen LogP contribution in [0.4, 0.5) is 5.69 Å². The maximum absolute atomic E-state index is 11.9. The van der Waals surface area contributed by atoms with Crippen LogP contribution in [0, 0.1) is 0 Å². The Balaban J connectivity index is 0.00000441. The maximum Gasteiger partial charge on any atom is 0.227 e. The lowest BCUT2D eigenvalue weighted by molar-refractivity contribution is -0.116. The lowest BCUT2D eigenvalue weighted by Gasteiger charge is -2.10. The summed E-state index contributed by atoms with van der Waals surface area (Å²) in [6.45, 7) is 0.705. The summed E-state index contributed by atoms with van der Waals surface area (Å²) < 4.78 is 0. The van der Waals surface area contributed by atoms with Crippen LogP contribution in [-0.2, 0) is 9.59 Å². The fourth-order valence-electron chi connectivity index (χ4n) is 1.84. The first-order chi connectivity index (χ1) is 10.1. The van der Waals surface area contributed by atoms with E-state index in [1.54, 1.807) is 0 Å². The topological polar surface area (TPSA) is 98.2 Å². The summed E-state index contributed by atoms with van der Waals surface area (Å²) in [5.41, 5.74) is 11.3. The number of nitrogens with two attached hydrogens (primary N) is 2. The van der Waals surface area contributed by atoms with Gasteiger partial charge in [0.15, 0.2) is 0 Å². The molecule has 0 fully saturated rings. The summed E-state index contributed by atoms with van der Waals surface area (Å²) >= 11 is 1.33. The zero-order chi connectivity index (χ0) is 15.5. The number of halogens is 1. The van der Waals surface area contributed by atoms with Gasteiger partial charge in [-0.3, -0.25) is 9.59 Å². The number of hydrogen-bond donors (Lipinski definition) is 3. The molecule has 0 heterocycles. The average molecular weight is 346 g/mol. The molecule has 1 aromatic rings. The number of para-hydroxylation sites is 1. The van der Waals surface area contributed by atoms with Crippen molar-refractivity contribution in [1.82, 2.24) is 0 Å². The van der Waals surface area contributed by atoms with E-state index >= 15 is 0 Å². The highest BCUT2D eigenvalue weighted by atomic mass is 35.5. The molecule has 1 rings (SSSR count). The Morgan fingerprint density at radius 3 is 2.45 bits per heavy atom. The lowest BCUT2D eigenvalue weighted by Crippen LogP contribution is -2.14. The average Bonchev–Trinajstić information content (AvgIpc) is 2.46. The van der Waals surface area contributed by atoms with Gasteiger partial charge in [0.05, 0.1) is 11.4 Å². The van der Waals surface area contributed by atoms with Gasteiger partial charge in [-0.25, -0.2) is 0 Å². The molecule has 0 unspecified atom stereocenters. The largest absolute Gasteiger partial charge is 0.369 e. The monoisotopic (exact) mass is 345 g/mol. The van der Waals surface area contributed by atoms with Gasteiger partial charge < -0.3 is 16.8 Å². The molecule has 5 nitrogen and oxygen atoms in total. The van der Waals surface area contributed by atoms with Crippen molar-refractivity contribution in [3.8, 4) is 0 Å². The quantitative estimate of drug-likeness (QED) is 0.448. The van der Waals surface area contributed by atoms with Gasteiger partial charge in [-0.1, -0.05) is 25.0 Å². The van der Waals surface area contributed by atoms with E-state index < -0.39 is 0 Å². The van der Waals surface area contributed by atoms with Crippen molar-refractivity contribution in [2.24, 2.45) is 11.5 Å². The van der Waals surface area contributed by atoms with Crippen molar-refractivity contribution in [3.63, 3.8) is 0 Å². The summed E-state index contributed by atoms with van der Waals surface area (Å²) in [4.78, 5) is 23.6. The van der Waals surface area contributed by atoms with Crippen LogP contribution in [0.15, 0.2) is 29.2 Å². The fourth-order valence-corrected chi connectivity index (χ4v) is 2.59. The van der Waals surface area contributed by atoms with Crippen LogP contribution in [0.1, 0.15) is 32.1 Å². The minimum Gasteiger partial charge on any atom is -0.369 e. The van der Waals surface area contributed by atoms with Crippen LogP contribution < -0.4 is 16.8 Å². The SMILES string of the molecule is Cl.NCCCCCCC(=O)Nc1ccccc1SCC(N)=O. The van der Waals surface area contributed by atoms with Crippen LogP contribution in [0.5, 0.6) is 0 Å². The molecular weight excluding hydrogens is 322 g/mol. The van der Waals surface area contributed by atoms with E-state index in [4.69, 9.17) is 11.5 Å². The fraction of sp³-hybridized carbons (Fsp3) is 0.467. The first-order valence-corrected chi connectivity index (χ1v) is 8.12. The van der Waals surface area contributed by atoms with E-state index in [1.807, 2.05) is 24.3 Å². The van der Waals surface area contributed by atoms with Gasteiger partial charge in [0.25, 0.3) is 0 Å². The van der Waals surface area contributed by atoms with Crippen molar-refractivity contribution in [1.29, 1.82) is 0 Å². The second-order valence-electron chi connectivity index (χ2n) is 4.75. The Bertz CT molecular complexity index is 472. The van der Waals surface area contributed by atoms with Gasteiger partial charge in [0.1, 0.15) is 0 Å². The van der Waals surface area contributed by atoms with Gasteiger partial charge >= 0.3 is 0 Å². The van der Waals surface area contributed by atoms with E-state index in [9.17, 15) is 9.59 Å². The van der Waals surface area contributed by atoms with Gasteiger partial charge in [-0.05, 0) is 31.5 Å². The van der Waals surface area contributed by atoms with Crippen molar-refractivity contribution in [2.45, 2.75) is 37.0 Å². The number of anilines is 1. The molecule has 0 atom stereocenters. The number of thioether (sulfide) groups is 1. The van der Waals surface area contributed by atoms with Gasteiger partial charge in [0, 0.05) is 11.3 Å². The van der Waals surface area contributed by atoms with Crippen molar-refractivity contribution in [3.05, 3.63) is 24.3 Å². The molecule has 0 radical (unpaired) electrons. The molecule has 124 valence electrons. The molecule has 0 aliphatic rings. The zero-order valence-electron chi connectivity index (χ0n) is 12.5. The Hall–Kier alpha value is -1.24. The highest BCUT2D eigenvalue weighted by molar-refractivity contribution is 8.00. The molecule has 0 aliphatic carbocycles. The van der Waals surface area contributed by atoms with Crippen LogP contribution in [0.25, 0.3) is 0 Å².